The highest BCUT2D eigenvalue weighted by molar-refractivity contribution is 7.09. The normalized spacial score (nSPS) is 15.1. The minimum absolute atomic E-state index is 0.615. The fourth-order valence-corrected chi connectivity index (χ4v) is 2.55. The van der Waals surface area contributed by atoms with Crippen LogP contribution < -0.4 is 0 Å². The van der Waals surface area contributed by atoms with Crippen molar-refractivity contribution in [3.8, 4) is 0 Å². The summed E-state index contributed by atoms with van der Waals surface area (Å²) < 4.78 is 0. The van der Waals surface area contributed by atoms with Gasteiger partial charge in [0.2, 0.25) is 0 Å². The van der Waals surface area contributed by atoms with Crippen molar-refractivity contribution >= 4 is 11.3 Å². The summed E-state index contributed by atoms with van der Waals surface area (Å²) >= 11 is 1.82. The van der Waals surface area contributed by atoms with Gasteiger partial charge in [-0.15, -0.1) is 11.3 Å². The van der Waals surface area contributed by atoms with E-state index in [2.05, 4.69) is 32.4 Å². The summed E-state index contributed by atoms with van der Waals surface area (Å²) in [5.41, 5.74) is 8.21. The Morgan fingerprint density at radius 2 is 2.44 bits per heavy atom. The fraction of sp³-hybridized carbons (Fsp3) is 0.636. The molecule has 0 unspecified atom stereocenters. The predicted octanol–water partition coefficient (Wildman–Crippen LogP) is 3.41. The molecule has 16 heavy (non-hydrogen) atoms. The predicted molar refractivity (Wildman–Crippen MR) is 66.4 cm³/mol. The molecule has 0 bridgehead atoms. The van der Waals surface area contributed by atoms with E-state index in [0.717, 1.165) is 25.6 Å². The van der Waals surface area contributed by atoms with Crippen molar-refractivity contribution in [3.63, 3.8) is 0 Å². The highest BCUT2D eigenvalue weighted by Gasteiger charge is 2.28. The molecular formula is C11H16N4S. The van der Waals surface area contributed by atoms with E-state index < -0.39 is 0 Å². The largest absolute Gasteiger partial charge is 0.295 e. The van der Waals surface area contributed by atoms with E-state index in [0.29, 0.717) is 6.54 Å². The summed E-state index contributed by atoms with van der Waals surface area (Å²) in [6, 6.07) is 5.06. The highest BCUT2D eigenvalue weighted by atomic mass is 32.1. The van der Waals surface area contributed by atoms with Gasteiger partial charge >= 0.3 is 0 Å². The molecule has 4 nitrogen and oxygen atoms in total. The first-order chi connectivity index (χ1) is 7.90. The molecule has 1 aromatic heterocycles. The van der Waals surface area contributed by atoms with Crippen LogP contribution >= 0.6 is 11.3 Å². The molecule has 0 radical (unpaired) electrons. The fourth-order valence-electron chi connectivity index (χ4n) is 1.82. The van der Waals surface area contributed by atoms with Crippen molar-refractivity contribution < 1.29 is 0 Å². The topological polar surface area (TPSA) is 52.0 Å². The molecule has 86 valence electrons. The second-order valence-electron chi connectivity index (χ2n) is 4.09. The van der Waals surface area contributed by atoms with E-state index >= 15 is 0 Å². The van der Waals surface area contributed by atoms with E-state index in [9.17, 15) is 0 Å². The average Bonchev–Trinajstić information content (AvgIpc) is 3.02. The highest BCUT2D eigenvalue weighted by Crippen LogP contribution is 2.29. The van der Waals surface area contributed by atoms with Gasteiger partial charge < -0.3 is 0 Å². The molecule has 5 heteroatoms. The third-order valence-electron chi connectivity index (χ3n) is 2.77. The Kier molecular flexibility index (Phi) is 4.22. The molecule has 1 aliphatic rings. The number of rotatable bonds is 7. The Morgan fingerprint density at radius 1 is 1.56 bits per heavy atom. The first kappa shape index (κ1) is 11.5. The smallest absolute Gasteiger partial charge is 0.0330 e. The lowest BCUT2D eigenvalue weighted by Crippen LogP contribution is -2.26. The van der Waals surface area contributed by atoms with Gasteiger partial charge in [0, 0.05) is 28.9 Å². The van der Waals surface area contributed by atoms with Crippen LogP contribution in [-0.4, -0.2) is 24.0 Å². The van der Waals surface area contributed by atoms with Gasteiger partial charge in [0.25, 0.3) is 0 Å². The minimum Gasteiger partial charge on any atom is -0.295 e. The molecule has 2 rings (SSSR count). The van der Waals surface area contributed by atoms with Crippen molar-refractivity contribution in [1.82, 2.24) is 4.90 Å². The Balaban J connectivity index is 1.78. The zero-order chi connectivity index (χ0) is 11.2. The minimum atomic E-state index is 0.615. The van der Waals surface area contributed by atoms with Crippen molar-refractivity contribution in [3.05, 3.63) is 32.8 Å². The van der Waals surface area contributed by atoms with Crippen LogP contribution in [0.1, 0.15) is 24.1 Å². The lowest BCUT2D eigenvalue weighted by molar-refractivity contribution is 0.255. The molecule has 0 saturated heterocycles. The zero-order valence-corrected chi connectivity index (χ0v) is 10.1. The Bertz CT molecular complexity index is 352. The summed E-state index contributed by atoms with van der Waals surface area (Å²) in [6.07, 6.45) is 3.62. The summed E-state index contributed by atoms with van der Waals surface area (Å²) in [7, 11) is 0. The summed E-state index contributed by atoms with van der Waals surface area (Å²) in [6.45, 7) is 2.71. The Hall–Kier alpha value is -1.03. The summed E-state index contributed by atoms with van der Waals surface area (Å²) in [5, 5.41) is 5.70. The summed E-state index contributed by atoms with van der Waals surface area (Å²) in [5.74, 6) is 0. The third-order valence-corrected chi connectivity index (χ3v) is 3.63. The molecule has 1 saturated carbocycles. The maximum atomic E-state index is 8.21. The van der Waals surface area contributed by atoms with Crippen LogP contribution in [0.2, 0.25) is 0 Å². The SMILES string of the molecule is [N-]=[N+]=NCCCN(Cc1cccs1)C1CC1. The maximum Gasteiger partial charge on any atom is 0.0330 e. The number of hydrogen-bond acceptors (Lipinski definition) is 3. The van der Waals surface area contributed by atoms with Gasteiger partial charge in [-0.05, 0) is 42.8 Å². The number of azide groups is 1. The van der Waals surface area contributed by atoms with Crippen LogP contribution in [0.15, 0.2) is 22.6 Å². The molecule has 1 aliphatic carbocycles. The van der Waals surface area contributed by atoms with Gasteiger partial charge in [0.1, 0.15) is 0 Å². The van der Waals surface area contributed by atoms with E-state index in [1.54, 1.807) is 0 Å². The lowest BCUT2D eigenvalue weighted by atomic mass is 10.3. The van der Waals surface area contributed by atoms with Gasteiger partial charge in [-0.2, -0.15) is 0 Å². The lowest BCUT2D eigenvalue weighted by Gasteiger charge is -2.20. The van der Waals surface area contributed by atoms with Crippen molar-refractivity contribution in [1.29, 1.82) is 0 Å². The molecule has 0 N–H and O–H groups in total. The molecule has 0 aromatic carbocycles. The first-order valence-corrected chi connectivity index (χ1v) is 6.55. The Morgan fingerprint density at radius 3 is 3.06 bits per heavy atom. The van der Waals surface area contributed by atoms with Crippen LogP contribution in [0.25, 0.3) is 10.4 Å². The molecular weight excluding hydrogens is 220 g/mol. The van der Waals surface area contributed by atoms with Crippen molar-refractivity contribution in [2.75, 3.05) is 13.1 Å². The third kappa shape index (κ3) is 3.52. The molecule has 1 aromatic rings. The average molecular weight is 236 g/mol. The molecule has 0 atom stereocenters. The zero-order valence-electron chi connectivity index (χ0n) is 9.25. The molecule has 0 aliphatic heterocycles. The molecule has 1 fully saturated rings. The number of thiophene rings is 1. The summed E-state index contributed by atoms with van der Waals surface area (Å²) in [4.78, 5) is 6.72. The Labute approximate surface area is 99.5 Å². The molecule has 1 heterocycles. The van der Waals surface area contributed by atoms with E-state index in [4.69, 9.17) is 5.53 Å². The van der Waals surface area contributed by atoms with Crippen molar-refractivity contribution in [2.45, 2.75) is 31.8 Å². The van der Waals surface area contributed by atoms with Gasteiger partial charge in [-0.1, -0.05) is 11.2 Å². The van der Waals surface area contributed by atoms with Crippen LogP contribution in [-0.2, 0) is 6.54 Å². The van der Waals surface area contributed by atoms with Crippen LogP contribution in [0.4, 0.5) is 0 Å². The van der Waals surface area contributed by atoms with Crippen molar-refractivity contribution in [2.24, 2.45) is 5.11 Å². The van der Waals surface area contributed by atoms with Gasteiger partial charge in [-0.25, -0.2) is 0 Å². The van der Waals surface area contributed by atoms with Crippen LogP contribution in [0, 0.1) is 0 Å². The van der Waals surface area contributed by atoms with Crippen LogP contribution in [0.5, 0.6) is 0 Å². The monoisotopic (exact) mass is 236 g/mol. The van der Waals surface area contributed by atoms with Gasteiger partial charge in [-0.3, -0.25) is 4.90 Å². The van der Waals surface area contributed by atoms with E-state index in [1.807, 2.05) is 11.3 Å². The number of hydrogen-bond donors (Lipinski definition) is 0. The standard InChI is InChI=1S/C11H16N4S/c12-14-13-6-2-7-15(10-4-5-10)9-11-3-1-8-16-11/h1,3,8,10H,2,4-7,9H2. The van der Waals surface area contributed by atoms with E-state index in [1.165, 1.54) is 17.7 Å². The quantitative estimate of drug-likeness (QED) is 0.310. The second-order valence-corrected chi connectivity index (χ2v) is 5.12. The van der Waals surface area contributed by atoms with Gasteiger partial charge in [0.15, 0.2) is 0 Å². The van der Waals surface area contributed by atoms with E-state index in [-0.39, 0.29) is 0 Å². The first-order valence-electron chi connectivity index (χ1n) is 5.67. The van der Waals surface area contributed by atoms with Gasteiger partial charge in [0.05, 0.1) is 0 Å². The van der Waals surface area contributed by atoms with Crippen LogP contribution in [0.3, 0.4) is 0 Å². The number of nitrogens with zero attached hydrogens (tertiary/aromatic N) is 4. The second kappa shape index (κ2) is 5.89. The molecule has 0 spiro atoms. The molecule has 0 amide bonds. The maximum absolute atomic E-state index is 8.21.